The molecule has 2 atom stereocenters. The maximum absolute atomic E-state index is 12.2. The molecule has 3 rings (SSSR count). The molecule has 3 aliphatic rings. The van der Waals surface area contributed by atoms with Crippen molar-refractivity contribution in [2.45, 2.75) is 82.8 Å². The first-order valence-corrected chi connectivity index (χ1v) is 9.46. The molecule has 0 bridgehead atoms. The highest BCUT2D eigenvalue weighted by Gasteiger charge is 2.38. The normalized spacial score (nSPS) is 29.3. The van der Waals surface area contributed by atoms with E-state index in [1.165, 1.54) is 25.7 Å². The van der Waals surface area contributed by atoms with E-state index in [0.717, 1.165) is 45.3 Å². The Kier molecular flexibility index (Phi) is 5.57. The van der Waals surface area contributed by atoms with Crippen LogP contribution in [0.2, 0.25) is 0 Å². The smallest absolute Gasteiger partial charge is 0.221 e. The van der Waals surface area contributed by atoms with Gasteiger partial charge >= 0.3 is 0 Å². The van der Waals surface area contributed by atoms with Crippen molar-refractivity contribution in [2.75, 3.05) is 19.6 Å². The molecule has 2 amide bonds. The molecule has 0 unspecified atom stereocenters. The van der Waals surface area contributed by atoms with Crippen LogP contribution in [0.3, 0.4) is 0 Å². The second-order valence-electron chi connectivity index (χ2n) is 7.47. The number of amides is 2. The standard InChI is InChI=1S/C18H31N3O2/c1-14(22)21-12-5-9-17(21)16-8-4-11-20(16)13-10-18(23)19-15-6-2-3-7-15/h15-17H,2-13H2,1H3,(H,19,23)/t16-,17-/m0/s1. The molecule has 0 spiro atoms. The molecule has 1 N–H and O–H groups in total. The van der Waals surface area contributed by atoms with E-state index in [-0.39, 0.29) is 11.8 Å². The third-order valence-corrected chi connectivity index (χ3v) is 5.91. The van der Waals surface area contributed by atoms with Gasteiger partial charge in [-0.2, -0.15) is 0 Å². The van der Waals surface area contributed by atoms with E-state index >= 15 is 0 Å². The van der Waals surface area contributed by atoms with Crippen LogP contribution in [0.4, 0.5) is 0 Å². The molecule has 0 aromatic rings. The lowest BCUT2D eigenvalue weighted by atomic mass is 10.0. The van der Waals surface area contributed by atoms with E-state index in [4.69, 9.17) is 0 Å². The lowest BCUT2D eigenvalue weighted by molar-refractivity contribution is -0.131. The molecule has 2 heterocycles. The van der Waals surface area contributed by atoms with Gasteiger partial charge in [-0.15, -0.1) is 0 Å². The van der Waals surface area contributed by atoms with Gasteiger partial charge < -0.3 is 10.2 Å². The number of rotatable bonds is 5. The topological polar surface area (TPSA) is 52.7 Å². The minimum atomic E-state index is 0.206. The summed E-state index contributed by atoms with van der Waals surface area (Å²) in [4.78, 5) is 28.5. The van der Waals surface area contributed by atoms with Crippen LogP contribution in [0.1, 0.15) is 64.7 Å². The molecule has 0 aromatic carbocycles. The zero-order valence-electron chi connectivity index (χ0n) is 14.4. The maximum Gasteiger partial charge on any atom is 0.221 e. The summed E-state index contributed by atoms with van der Waals surface area (Å²) in [6.45, 7) is 4.51. The predicted molar refractivity (Wildman–Crippen MR) is 90.0 cm³/mol. The van der Waals surface area contributed by atoms with Crippen LogP contribution in [0.15, 0.2) is 0 Å². The Balaban J connectivity index is 1.48. The van der Waals surface area contributed by atoms with Gasteiger partial charge in [0.2, 0.25) is 11.8 Å². The van der Waals surface area contributed by atoms with Crippen LogP contribution < -0.4 is 5.32 Å². The van der Waals surface area contributed by atoms with E-state index in [2.05, 4.69) is 15.1 Å². The molecule has 5 heteroatoms. The third kappa shape index (κ3) is 4.06. The van der Waals surface area contributed by atoms with Gasteiger partial charge in [-0.25, -0.2) is 0 Å². The van der Waals surface area contributed by atoms with Gasteiger partial charge in [-0.1, -0.05) is 12.8 Å². The lowest BCUT2D eigenvalue weighted by Gasteiger charge is -2.34. The van der Waals surface area contributed by atoms with E-state index in [1.807, 2.05) is 0 Å². The average Bonchev–Trinajstić information content (AvgIpc) is 3.25. The Labute approximate surface area is 139 Å². The predicted octanol–water partition coefficient (Wildman–Crippen LogP) is 1.91. The van der Waals surface area contributed by atoms with Crippen molar-refractivity contribution in [3.8, 4) is 0 Å². The summed E-state index contributed by atoms with van der Waals surface area (Å²) in [5, 5.41) is 3.18. The van der Waals surface area contributed by atoms with E-state index in [1.54, 1.807) is 6.92 Å². The average molecular weight is 321 g/mol. The van der Waals surface area contributed by atoms with Crippen molar-refractivity contribution >= 4 is 11.8 Å². The van der Waals surface area contributed by atoms with Crippen LogP contribution in [0.5, 0.6) is 0 Å². The van der Waals surface area contributed by atoms with E-state index in [9.17, 15) is 9.59 Å². The van der Waals surface area contributed by atoms with Crippen LogP contribution in [-0.2, 0) is 9.59 Å². The first-order valence-electron chi connectivity index (χ1n) is 9.46. The first kappa shape index (κ1) is 16.7. The van der Waals surface area contributed by atoms with Gasteiger partial charge in [0.25, 0.3) is 0 Å². The van der Waals surface area contributed by atoms with Gasteiger partial charge in [0.15, 0.2) is 0 Å². The summed E-state index contributed by atoms with van der Waals surface area (Å²) in [5.74, 6) is 0.413. The Bertz CT molecular complexity index is 434. The second kappa shape index (κ2) is 7.65. The molecule has 3 fully saturated rings. The Morgan fingerprint density at radius 2 is 1.65 bits per heavy atom. The van der Waals surface area contributed by atoms with Gasteiger partial charge in [-0.05, 0) is 45.1 Å². The second-order valence-corrected chi connectivity index (χ2v) is 7.47. The number of nitrogens with one attached hydrogen (secondary N) is 1. The number of carbonyl (C=O) groups excluding carboxylic acids is 2. The van der Waals surface area contributed by atoms with E-state index < -0.39 is 0 Å². The Morgan fingerprint density at radius 1 is 0.957 bits per heavy atom. The van der Waals surface area contributed by atoms with Gasteiger partial charge in [0.1, 0.15) is 0 Å². The van der Waals surface area contributed by atoms with Crippen LogP contribution in [0.25, 0.3) is 0 Å². The van der Waals surface area contributed by atoms with Crippen LogP contribution >= 0.6 is 0 Å². The van der Waals surface area contributed by atoms with Crippen molar-refractivity contribution in [2.24, 2.45) is 0 Å². The first-order chi connectivity index (χ1) is 11.1. The van der Waals surface area contributed by atoms with Crippen molar-refractivity contribution in [3.05, 3.63) is 0 Å². The minimum Gasteiger partial charge on any atom is -0.353 e. The SMILES string of the molecule is CC(=O)N1CCC[C@H]1[C@@H]1CCCN1CCC(=O)NC1CCCC1. The minimum absolute atomic E-state index is 0.206. The van der Waals surface area contributed by atoms with Crippen LogP contribution in [-0.4, -0.2) is 59.4 Å². The number of hydrogen-bond acceptors (Lipinski definition) is 3. The Morgan fingerprint density at radius 3 is 2.39 bits per heavy atom. The molecule has 1 aliphatic carbocycles. The van der Waals surface area contributed by atoms with Crippen molar-refractivity contribution in [1.29, 1.82) is 0 Å². The summed E-state index contributed by atoms with van der Waals surface area (Å²) in [5.41, 5.74) is 0. The summed E-state index contributed by atoms with van der Waals surface area (Å²) < 4.78 is 0. The summed E-state index contributed by atoms with van der Waals surface area (Å²) in [6, 6.07) is 1.24. The molecule has 0 radical (unpaired) electrons. The van der Waals surface area contributed by atoms with Gasteiger partial charge in [0, 0.05) is 44.6 Å². The van der Waals surface area contributed by atoms with E-state index in [0.29, 0.717) is 24.5 Å². The van der Waals surface area contributed by atoms with Crippen LogP contribution in [0, 0.1) is 0 Å². The fraction of sp³-hybridized carbons (Fsp3) is 0.889. The zero-order chi connectivity index (χ0) is 16.2. The largest absolute Gasteiger partial charge is 0.353 e. The quantitative estimate of drug-likeness (QED) is 0.841. The Hall–Kier alpha value is -1.10. The van der Waals surface area contributed by atoms with Gasteiger partial charge in [-0.3, -0.25) is 14.5 Å². The molecule has 1 saturated carbocycles. The molecule has 23 heavy (non-hydrogen) atoms. The molecule has 2 saturated heterocycles. The third-order valence-electron chi connectivity index (χ3n) is 5.91. The monoisotopic (exact) mass is 321 g/mol. The fourth-order valence-electron chi connectivity index (χ4n) is 4.76. The van der Waals surface area contributed by atoms with Crippen molar-refractivity contribution < 1.29 is 9.59 Å². The van der Waals surface area contributed by atoms with Crippen molar-refractivity contribution in [3.63, 3.8) is 0 Å². The van der Waals surface area contributed by atoms with Gasteiger partial charge in [0.05, 0.1) is 0 Å². The summed E-state index contributed by atoms with van der Waals surface area (Å²) in [7, 11) is 0. The highest BCUT2D eigenvalue weighted by molar-refractivity contribution is 5.76. The number of nitrogens with zero attached hydrogens (tertiary/aromatic N) is 2. The molecular formula is C18H31N3O2. The molecule has 130 valence electrons. The number of carbonyl (C=O) groups is 2. The number of hydrogen-bond donors (Lipinski definition) is 1. The fourth-order valence-corrected chi connectivity index (χ4v) is 4.76. The van der Waals surface area contributed by atoms with Crippen molar-refractivity contribution in [1.82, 2.24) is 15.1 Å². The molecule has 2 aliphatic heterocycles. The summed E-state index contributed by atoms with van der Waals surface area (Å²) >= 11 is 0. The molecule has 5 nitrogen and oxygen atoms in total. The maximum atomic E-state index is 12.2. The highest BCUT2D eigenvalue weighted by atomic mass is 16.2. The summed E-state index contributed by atoms with van der Waals surface area (Å²) in [6.07, 6.45) is 9.99. The molecular weight excluding hydrogens is 290 g/mol. The number of likely N-dealkylation sites (tertiary alicyclic amines) is 2. The highest BCUT2D eigenvalue weighted by Crippen LogP contribution is 2.30. The lowest BCUT2D eigenvalue weighted by Crippen LogP contribution is -2.48. The zero-order valence-corrected chi connectivity index (χ0v) is 14.4. The molecule has 0 aromatic heterocycles.